The normalized spacial score (nSPS) is 11.7. The Morgan fingerprint density at radius 3 is 2.24 bits per heavy atom. The van der Waals surface area contributed by atoms with Gasteiger partial charge in [0.2, 0.25) is 0 Å². The molecular weight excluding hydrogens is 475 g/mol. The molecule has 8 heteroatoms. The molecular formula is C29H33FN2O5. The predicted molar refractivity (Wildman–Crippen MR) is 141 cm³/mol. The minimum Gasteiger partial charge on any atom is -0.507 e. The molecule has 0 fully saturated rings. The summed E-state index contributed by atoms with van der Waals surface area (Å²) in [6.07, 6.45) is 4.15. The van der Waals surface area contributed by atoms with Crippen LogP contribution < -0.4 is 19.5 Å². The highest BCUT2D eigenvalue weighted by Gasteiger charge is 2.23. The number of hydrogen-bond acceptors (Lipinski definition) is 5. The fourth-order valence-electron chi connectivity index (χ4n) is 3.93. The number of methoxy groups -OCH3 is 3. The molecule has 0 bridgehead atoms. The van der Waals surface area contributed by atoms with Crippen LogP contribution in [-0.4, -0.2) is 37.4 Å². The summed E-state index contributed by atoms with van der Waals surface area (Å²) in [6, 6.07) is 15.6. The average Bonchev–Trinajstić information content (AvgIpc) is 2.91. The number of halogens is 1. The smallest absolute Gasteiger partial charge is 0.318 e. The second-order valence-electron chi connectivity index (χ2n) is 8.36. The molecule has 0 spiro atoms. The van der Waals surface area contributed by atoms with Gasteiger partial charge in [-0.05, 0) is 43.7 Å². The van der Waals surface area contributed by atoms with Crippen LogP contribution in [-0.2, 0) is 13.1 Å². The Morgan fingerprint density at radius 2 is 1.62 bits per heavy atom. The Morgan fingerprint density at radius 1 is 0.973 bits per heavy atom. The molecule has 0 saturated carbocycles. The molecule has 1 atom stereocenters. The standard InChI is InChI=1S/C29H33FN2O5/c1-5-6-11-26(24-9-7-8-10-25(24)30)31-29(34)32(18-20-12-14-22(35-2)16-27(20)33)19-21-13-15-23(36-3)17-28(21)37-4/h5-10,12-17,26,33H,11,18-19H2,1-4H3,(H,31,34)/b6-5-. The van der Waals surface area contributed by atoms with Crippen LogP contribution in [0.3, 0.4) is 0 Å². The molecule has 3 rings (SSSR count). The van der Waals surface area contributed by atoms with E-state index in [9.17, 15) is 14.3 Å². The number of allylic oxidation sites excluding steroid dienone is 1. The minimum absolute atomic E-state index is 0.00147. The molecule has 2 N–H and O–H groups in total. The number of phenols is 1. The number of rotatable bonds is 11. The Labute approximate surface area is 217 Å². The summed E-state index contributed by atoms with van der Waals surface area (Å²) in [5.74, 6) is 1.28. The number of amides is 2. The summed E-state index contributed by atoms with van der Waals surface area (Å²) in [7, 11) is 4.62. The van der Waals surface area contributed by atoms with Crippen molar-refractivity contribution >= 4 is 6.03 Å². The fraction of sp³-hybridized carbons (Fsp3) is 0.276. The Balaban J connectivity index is 1.95. The van der Waals surface area contributed by atoms with Gasteiger partial charge >= 0.3 is 6.03 Å². The number of urea groups is 1. The fourth-order valence-corrected chi connectivity index (χ4v) is 3.93. The number of nitrogens with zero attached hydrogens (tertiary/aromatic N) is 1. The number of carbonyl (C=O) groups is 1. The molecule has 0 saturated heterocycles. The maximum atomic E-state index is 14.6. The van der Waals surface area contributed by atoms with Gasteiger partial charge in [-0.1, -0.05) is 30.4 Å². The first-order valence-corrected chi connectivity index (χ1v) is 11.9. The molecule has 3 aromatic carbocycles. The van der Waals surface area contributed by atoms with E-state index in [1.807, 2.05) is 25.1 Å². The number of phenolic OH excluding ortho intramolecular Hbond substituents is 1. The average molecular weight is 509 g/mol. The zero-order chi connectivity index (χ0) is 26.8. The zero-order valence-corrected chi connectivity index (χ0v) is 21.5. The lowest BCUT2D eigenvalue weighted by Crippen LogP contribution is -2.41. The van der Waals surface area contributed by atoms with Gasteiger partial charge in [-0.2, -0.15) is 0 Å². The SMILES string of the molecule is C/C=C\CC(NC(=O)N(Cc1ccc(OC)cc1O)Cc1ccc(OC)cc1OC)c1ccccc1F. The molecule has 2 amide bonds. The summed E-state index contributed by atoms with van der Waals surface area (Å²) in [6.45, 7) is 2.12. The lowest BCUT2D eigenvalue weighted by atomic mass is 10.0. The van der Waals surface area contributed by atoms with Gasteiger partial charge in [-0.15, -0.1) is 0 Å². The maximum Gasteiger partial charge on any atom is 0.318 e. The highest BCUT2D eigenvalue weighted by atomic mass is 19.1. The summed E-state index contributed by atoms with van der Waals surface area (Å²) in [4.78, 5) is 15.2. The lowest BCUT2D eigenvalue weighted by Gasteiger charge is -2.28. The van der Waals surface area contributed by atoms with Crippen LogP contribution in [0, 0.1) is 5.82 Å². The summed E-state index contributed by atoms with van der Waals surface area (Å²) < 4.78 is 30.6. The summed E-state index contributed by atoms with van der Waals surface area (Å²) >= 11 is 0. The summed E-state index contributed by atoms with van der Waals surface area (Å²) in [5.41, 5.74) is 1.66. The number of ether oxygens (including phenoxy) is 3. The molecule has 0 aliphatic heterocycles. The van der Waals surface area contributed by atoms with Crippen molar-refractivity contribution in [1.29, 1.82) is 0 Å². The van der Waals surface area contributed by atoms with Crippen LogP contribution in [0.1, 0.15) is 36.1 Å². The van der Waals surface area contributed by atoms with Crippen LogP contribution in [0.15, 0.2) is 72.8 Å². The van der Waals surface area contributed by atoms with Crippen molar-refractivity contribution in [3.05, 3.63) is 95.3 Å². The Bertz CT molecular complexity index is 1230. The van der Waals surface area contributed by atoms with E-state index in [0.717, 1.165) is 5.56 Å². The van der Waals surface area contributed by atoms with Crippen LogP contribution in [0.2, 0.25) is 0 Å². The molecule has 1 unspecified atom stereocenters. The Kier molecular flexibility index (Phi) is 9.77. The van der Waals surface area contributed by atoms with Crippen molar-refractivity contribution < 1.29 is 28.5 Å². The number of hydrogen-bond donors (Lipinski definition) is 2. The number of aromatic hydroxyl groups is 1. The topological polar surface area (TPSA) is 80.3 Å². The molecule has 196 valence electrons. The van der Waals surface area contributed by atoms with E-state index in [2.05, 4.69) is 5.32 Å². The van der Waals surface area contributed by atoms with Gasteiger partial charge in [0.1, 0.15) is 28.8 Å². The van der Waals surface area contributed by atoms with E-state index in [1.54, 1.807) is 56.7 Å². The van der Waals surface area contributed by atoms with Gasteiger partial charge in [0, 0.05) is 28.8 Å². The molecule has 0 aliphatic carbocycles. The number of carbonyl (C=O) groups excluding carboxylic acids is 1. The van der Waals surface area contributed by atoms with Gasteiger partial charge in [0.15, 0.2) is 0 Å². The second kappa shape index (κ2) is 13.2. The van der Waals surface area contributed by atoms with E-state index in [4.69, 9.17) is 14.2 Å². The third-order valence-electron chi connectivity index (χ3n) is 5.98. The minimum atomic E-state index is -0.588. The zero-order valence-electron chi connectivity index (χ0n) is 21.5. The Hall–Kier alpha value is -4.20. The molecule has 37 heavy (non-hydrogen) atoms. The molecule has 0 radical (unpaired) electrons. The quantitative estimate of drug-likeness (QED) is 0.312. The third-order valence-corrected chi connectivity index (χ3v) is 5.98. The van der Waals surface area contributed by atoms with E-state index in [1.165, 1.54) is 24.1 Å². The predicted octanol–water partition coefficient (Wildman–Crippen LogP) is 5.98. The van der Waals surface area contributed by atoms with Crippen LogP contribution in [0.25, 0.3) is 0 Å². The van der Waals surface area contributed by atoms with Gasteiger partial charge in [-0.25, -0.2) is 9.18 Å². The van der Waals surface area contributed by atoms with Crippen molar-refractivity contribution in [2.75, 3.05) is 21.3 Å². The lowest BCUT2D eigenvalue weighted by molar-refractivity contribution is 0.186. The maximum absolute atomic E-state index is 14.6. The van der Waals surface area contributed by atoms with Crippen LogP contribution in [0.4, 0.5) is 9.18 Å². The van der Waals surface area contributed by atoms with Crippen molar-refractivity contribution in [3.63, 3.8) is 0 Å². The first-order valence-electron chi connectivity index (χ1n) is 11.9. The van der Waals surface area contributed by atoms with Crippen molar-refractivity contribution in [2.45, 2.75) is 32.5 Å². The van der Waals surface area contributed by atoms with E-state index in [-0.39, 0.29) is 18.8 Å². The second-order valence-corrected chi connectivity index (χ2v) is 8.36. The van der Waals surface area contributed by atoms with Gasteiger partial charge in [-0.3, -0.25) is 0 Å². The highest BCUT2D eigenvalue weighted by Crippen LogP contribution is 2.29. The molecule has 0 aromatic heterocycles. The molecule has 0 aliphatic rings. The first kappa shape index (κ1) is 27.4. The molecule has 7 nitrogen and oxygen atoms in total. The molecule has 3 aromatic rings. The highest BCUT2D eigenvalue weighted by molar-refractivity contribution is 5.75. The number of benzene rings is 3. The van der Waals surface area contributed by atoms with E-state index >= 15 is 0 Å². The number of nitrogens with one attached hydrogen (secondary N) is 1. The van der Waals surface area contributed by atoms with Crippen LogP contribution in [0.5, 0.6) is 23.0 Å². The van der Waals surface area contributed by atoms with Gasteiger partial charge < -0.3 is 29.5 Å². The van der Waals surface area contributed by atoms with E-state index < -0.39 is 17.9 Å². The van der Waals surface area contributed by atoms with Crippen LogP contribution >= 0.6 is 0 Å². The van der Waals surface area contributed by atoms with Crippen molar-refractivity contribution in [3.8, 4) is 23.0 Å². The van der Waals surface area contributed by atoms with Crippen molar-refractivity contribution in [1.82, 2.24) is 10.2 Å². The molecule has 0 heterocycles. The largest absolute Gasteiger partial charge is 0.507 e. The third kappa shape index (κ3) is 7.16. The summed E-state index contributed by atoms with van der Waals surface area (Å²) in [5, 5.41) is 13.5. The van der Waals surface area contributed by atoms with Gasteiger partial charge in [0.25, 0.3) is 0 Å². The van der Waals surface area contributed by atoms with Gasteiger partial charge in [0.05, 0.1) is 40.5 Å². The van der Waals surface area contributed by atoms with Crippen molar-refractivity contribution in [2.24, 2.45) is 0 Å². The van der Waals surface area contributed by atoms with E-state index in [0.29, 0.717) is 34.8 Å². The first-order chi connectivity index (χ1) is 17.9. The monoisotopic (exact) mass is 508 g/mol.